The first kappa shape index (κ1) is 28.2. The summed E-state index contributed by atoms with van der Waals surface area (Å²) in [6, 6.07) is 8.33. The van der Waals surface area contributed by atoms with Gasteiger partial charge in [0.15, 0.2) is 11.5 Å². The van der Waals surface area contributed by atoms with Gasteiger partial charge in [0.2, 0.25) is 5.89 Å². The van der Waals surface area contributed by atoms with Crippen LogP contribution >= 0.6 is 7.60 Å². The van der Waals surface area contributed by atoms with Gasteiger partial charge in [0, 0.05) is 6.42 Å². The summed E-state index contributed by atoms with van der Waals surface area (Å²) in [5, 5.41) is 4.04. The third-order valence-corrected chi connectivity index (χ3v) is 7.07. The van der Waals surface area contributed by atoms with Gasteiger partial charge >= 0.3 is 13.6 Å². The maximum absolute atomic E-state index is 13.4. The van der Waals surface area contributed by atoms with E-state index < -0.39 is 24.8 Å². The van der Waals surface area contributed by atoms with Crippen LogP contribution in [0.15, 0.2) is 28.8 Å². The molecule has 0 aliphatic heterocycles. The van der Waals surface area contributed by atoms with Gasteiger partial charge in [-0.25, -0.2) is 0 Å². The molecule has 1 aromatic carbocycles. The summed E-state index contributed by atoms with van der Waals surface area (Å²) in [6.45, 7) is 15.5. The maximum atomic E-state index is 13.4. The molecule has 0 N–H and O–H groups in total. The molecule has 0 fully saturated rings. The summed E-state index contributed by atoms with van der Waals surface area (Å²) in [5.74, 6) is -0.0362. The lowest BCUT2D eigenvalue weighted by molar-refractivity contribution is -0.154. The van der Waals surface area contributed by atoms with E-state index >= 15 is 0 Å². The third kappa shape index (κ3) is 8.97. The molecule has 1 aromatic heterocycles. The van der Waals surface area contributed by atoms with Crippen molar-refractivity contribution in [3.8, 4) is 0 Å². The number of aromatic nitrogens is 2. The van der Waals surface area contributed by atoms with Crippen LogP contribution in [0, 0.1) is 5.41 Å². The molecule has 0 aliphatic rings. The van der Waals surface area contributed by atoms with E-state index in [0.29, 0.717) is 12.2 Å². The Morgan fingerprint density at radius 2 is 1.56 bits per heavy atom. The molecule has 1 atom stereocenters. The van der Waals surface area contributed by atoms with E-state index in [1.165, 1.54) is 5.56 Å². The van der Waals surface area contributed by atoms with E-state index in [-0.39, 0.29) is 30.9 Å². The topological polar surface area (TPSA) is 101 Å². The Balaban J connectivity index is 2.19. The molecule has 34 heavy (non-hydrogen) atoms. The summed E-state index contributed by atoms with van der Waals surface area (Å²) in [5.41, 5.74) is 0.557. The second kappa shape index (κ2) is 11.6. The Morgan fingerprint density at radius 3 is 2.06 bits per heavy atom. The Morgan fingerprint density at radius 1 is 1.00 bits per heavy atom. The minimum Gasteiger partial charge on any atom is -0.459 e. The third-order valence-electron chi connectivity index (χ3n) is 4.68. The predicted octanol–water partition coefficient (Wildman–Crippen LogP) is 5.77. The summed E-state index contributed by atoms with van der Waals surface area (Å²) >= 11 is 0. The summed E-state index contributed by atoms with van der Waals surface area (Å²) in [6.07, 6.45) is 1.36. The molecular weight excluding hydrogens is 455 g/mol. The number of carbonyl (C=O) groups excluding carboxylic acids is 1. The van der Waals surface area contributed by atoms with Crippen molar-refractivity contribution in [3.63, 3.8) is 0 Å². The molecule has 0 saturated heterocycles. The highest BCUT2D eigenvalue weighted by molar-refractivity contribution is 7.55. The van der Waals surface area contributed by atoms with Gasteiger partial charge in [0.05, 0.1) is 19.6 Å². The van der Waals surface area contributed by atoms with Crippen LogP contribution in [0.1, 0.15) is 78.2 Å². The van der Waals surface area contributed by atoms with E-state index in [1.54, 1.807) is 34.6 Å². The molecular formula is C25H39N2O6P. The fraction of sp³-hybridized carbons (Fsp3) is 0.640. The molecule has 1 heterocycles. The summed E-state index contributed by atoms with van der Waals surface area (Å²) in [4.78, 5) is 17.4. The van der Waals surface area contributed by atoms with Crippen LogP contribution in [0.5, 0.6) is 0 Å². The molecule has 190 valence electrons. The smallest absolute Gasteiger partial charge is 0.345 e. The van der Waals surface area contributed by atoms with Crippen molar-refractivity contribution in [2.45, 2.75) is 85.9 Å². The molecule has 2 rings (SSSR count). The molecule has 9 heteroatoms. The number of benzene rings is 1. The Labute approximate surface area is 203 Å². The zero-order valence-electron chi connectivity index (χ0n) is 21.7. The molecule has 0 radical (unpaired) electrons. The summed E-state index contributed by atoms with van der Waals surface area (Å²) in [7, 11) is -3.82. The number of nitrogens with zero attached hydrogens (tertiary/aromatic N) is 2. The van der Waals surface area contributed by atoms with Gasteiger partial charge in [0.1, 0.15) is 5.60 Å². The van der Waals surface area contributed by atoms with Crippen molar-refractivity contribution >= 4 is 13.6 Å². The van der Waals surface area contributed by atoms with Gasteiger partial charge in [-0.2, -0.15) is 4.98 Å². The van der Waals surface area contributed by atoms with Gasteiger partial charge in [-0.15, -0.1) is 0 Å². The van der Waals surface area contributed by atoms with Crippen molar-refractivity contribution in [1.82, 2.24) is 10.1 Å². The first-order valence-corrected chi connectivity index (χ1v) is 13.4. The van der Waals surface area contributed by atoms with E-state index in [1.807, 2.05) is 0 Å². The minimum absolute atomic E-state index is 0.107. The number of hydrogen-bond donors (Lipinski definition) is 0. The van der Waals surface area contributed by atoms with Crippen LogP contribution in [0.2, 0.25) is 0 Å². The molecule has 0 saturated carbocycles. The van der Waals surface area contributed by atoms with Gasteiger partial charge in [0.25, 0.3) is 0 Å². The van der Waals surface area contributed by atoms with E-state index in [9.17, 15) is 9.36 Å². The minimum atomic E-state index is -3.82. The second-order valence-electron chi connectivity index (χ2n) is 10.5. The number of rotatable bonds is 11. The van der Waals surface area contributed by atoms with E-state index in [0.717, 1.165) is 12.0 Å². The fourth-order valence-electron chi connectivity index (χ4n) is 3.45. The maximum Gasteiger partial charge on any atom is 0.345 e. The predicted molar refractivity (Wildman–Crippen MR) is 131 cm³/mol. The van der Waals surface area contributed by atoms with Gasteiger partial charge in [-0.3, -0.25) is 9.36 Å². The number of hydrogen-bond acceptors (Lipinski definition) is 8. The van der Waals surface area contributed by atoms with Crippen LogP contribution in [-0.4, -0.2) is 40.6 Å². The lowest BCUT2D eigenvalue weighted by Gasteiger charge is -2.27. The number of carbonyl (C=O) groups is 1. The first-order valence-electron chi connectivity index (χ1n) is 11.8. The van der Waals surface area contributed by atoms with Crippen LogP contribution in [-0.2, 0) is 42.4 Å². The normalized spacial score (nSPS) is 13.6. The molecule has 8 nitrogen and oxygen atoms in total. The quantitative estimate of drug-likeness (QED) is 0.287. The summed E-state index contributed by atoms with van der Waals surface area (Å²) < 4.78 is 35.2. The lowest BCUT2D eigenvalue weighted by atomic mass is 9.88. The molecule has 0 aliphatic carbocycles. The average molecular weight is 495 g/mol. The van der Waals surface area contributed by atoms with Crippen LogP contribution < -0.4 is 0 Å². The van der Waals surface area contributed by atoms with Gasteiger partial charge < -0.3 is 18.3 Å². The average Bonchev–Trinajstić information content (AvgIpc) is 3.12. The molecule has 0 spiro atoms. The van der Waals surface area contributed by atoms with Crippen LogP contribution in [0.3, 0.4) is 0 Å². The van der Waals surface area contributed by atoms with E-state index in [4.69, 9.17) is 18.3 Å². The van der Waals surface area contributed by atoms with Crippen molar-refractivity contribution in [3.05, 3.63) is 47.1 Å². The highest BCUT2D eigenvalue weighted by Gasteiger charge is 2.44. The highest BCUT2D eigenvalue weighted by Crippen LogP contribution is 2.54. The number of ether oxygens (including phenoxy) is 1. The monoisotopic (exact) mass is 494 g/mol. The Bertz CT molecular complexity index is 963. The van der Waals surface area contributed by atoms with Gasteiger partial charge in [-0.1, -0.05) is 50.2 Å². The van der Waals surface area contributed by atoms with Crippen molar-refractivity contribution in [2.24, 2.45) is 5.41 Å². The largest absolute Gasteiger partial charge is 0.459 e. The van der Waals surface area contributed by atoms with Crippen LogP contribution in [0.25, 0.3) is 0 Å². The number of esters is 1. The molecule has 0 bridgehead atoms. The zero-order chi connectivity index (χ0) is 25.6. The molecule has 2 aromatic rings. The lowest BCUT2D eigenvalue weighted by Crippen LogP contribution is -2.34. The zero-order valence-corrected chi connectivity index (χ0v) is 22.6. The standard InChI is InChI=1S/C25H39N2O6P/c1-9-30-34(29,31-10-2)20(23(28)32-25(6,7)8)16-22-26-21(27-33-22)15-18-11-13-19(14-12-18)17-24(3,4)5/h11-14,20H,9-10,15-17H2,1-8H3. The fourth-order valence-corrected chi connectivity index (χ4v) is 5.30. The second-order valence-corrected chi connectivity index (χ2v) is 12.7. The first-order chi connectivity index (χ1) is 15.7. The van der Waals surface area contributed by atoms with Crippen molar-refractivity contribution < 1.29 is 27.7 Å². The molecule has 1 unspecified atom stereocenters. The Hall–Kier alpha value is -2.02. The van der Waals surface area contributed by atoms with Crippen molar-refractivity contribution in [2.75, 3.05) is 13.2 Å². The van der Waals surface area contributed by atoms with Crippen LogP contribution in [0.4, 0.5) is 0 Å². The van der Waals surface area contributed by atoms with Crippen molar-refractivity contribution in [1.29, 1.82) is 0 Å². The SMILES string of the molecule is CCOP(=O)(OCC)C(Cc1nc(Cc2ccc(CC(C)(C)C)cc2)no1)C(=O)OC(C)(C)C. The van der Waals surface area contributed by atoms with E-state index in [2.05, 4.69) is 55.2 Å². The highest BCUT2D eigenvalue weighted by atomic mass is 31.2. The molecule has 0 amide bonds. The Kier molecular flexibility index (Phi) is 9.63. The van der Waals surface area contributed by atoms with Gasteiger partial charge in [-0.05, 0) is 57.6 Å².